The molecular weight excluding hydrogens is 725 g/mol. The summed E-state index contributed by atoms with van der Waals surface area (Å²) >= 11 is 0. The van der Waals surface area contributed by atoms with Crippen LogP contribution in [0.2, 0.25) is 0 Å². The lowest BCUT2D eigenvalue weighted by atomic mass is 9.93. The number of nitrogens with zero attached hydrogens (tertiary/aromatic N) is 2. The van der Waals surface area contributed by atoms with Gasteiger partial charge >= 0.3 is 0 Å². The third-order valence-electron chi connectivity index (χ3n) is 11.8. The van der Waals surface area contributed by atoms with Crippen molar-refractivity contribution in [2.24, 2.45) is 0 Å². The highest BCUT2D eigenvalue weighted by Gasteiger charge is 2.25. The molecule has 60 heavy (non-hydrogen) atoms. The van der Waals surface area contributed by atoms with Crippen molar-refractivity contribution >= 4 is 49.6 Å². The summed E-state index contributed by atoms with van der Waals surface area (Å²) in [7, 11) is 0. The Balaban J connectivity index is 1.20. The van der Waals surface area contributed by atoms with Gasteiger partial charge in [0.15, 0.2) is 0 Å². The lowest BCUT2D eigenvalue weighted by Crippen LogP contribution is -2.12. The van der Waals surface area contributed by atoms with Crippen LogP contribution in [0.3, 0.4) is 0 Å². The van der Waals surface area contributed by atoms with E-state index in [1.165, 1.54) is 60.4 Å². The van der Waals surface area contributed by atoms with Gasteiger partial charge < -0.3 is 9.47 Å². The SMILES string of the molecule is c1ccc(-c2ccc(-c3ccc(N(c4ccc(-c5ccccc5)c5ccccc45)c4cccc5c4c4ccccc4n5-c4ccccc4)c(-c4ccccc4)c3)cc2)cc1. The van der Waals surface area contributed by atoms with Gasteiger partial charge in [-0.3, -0.25) is 0 Å². The second-order valence-corrected chi connectivity index (χ2v) is 15.3. The van der Waals surface area contributed by atoms with Crippen molar-refractivity contribution in [3.05, 3.63) is 243 Å². The van der Waals surface area contributed by atoms with Crippen LogP contribution in [0.1, 0.15) is 0 Å². The van der Waals surface area contributed by atoms with Gasteiger partial charge in [0.05, 0.1) is 28.1 Å². The molecule has 0 amide bonds. The van der Waals surface area contributed by atoms with E-state index in [9.17, 15) is 0 Å². The zero-order chi connectivity index (χ0) is 39.8. The van der Waals surface area contributed by atoms with Gasteiger partial charge in [0.1, 0.15) is 0 Å². The van der Waals surface area contributed by atoms with E-state index in [1.807, 2.05) is 0 Å². The van der Waals surface area contributed by atoms with Crippen molar-refractivity contribution in [1.29, 1.82) is 0 Å². The second kappa shape index (κ2) is 15.1. The first-order chi connectivity index (χ1) is 29.8. The number of rotatable bonds is 8. The van der Waals surface area contributed by atoms with E-state index in [-0.39, 0.29) is 0 Å². The monoisotopic (exact) mass is 764 g/mol. The normalized spacial score (nSPS) is 11.3. The van der Waals surface area contributed by atoms with Gasteiger partial charge in [0.2, 0.25) is 0 Å². The Bertz CT molecular complexity index is 3280. The molecule has 1 aromatic heterocycles. The van der Waals surface area contributed by atoms with E-state index in [4.69, 9.17) is 0 Å². The summed E-state index contributed by atoms with van der Waals surface area (Å²) in [5.41, 5.74) is 16.3. The van der Waals surface area contributed by atoms with Crippen LogP contribution in [-0.4, -0.2) is 4.57 Å². The molecule has 2 heteroatoms. The Kier molecular flexibility index (Phi) is 8.87. The molecule has 11 rings (SSSR count). The van der Waals surface area contributed by atoms with Gasteiger partial charge in [0.25, 0.3) is 0 Å². The van der Waals surface area contributed by atoms with E-state index in [2.05, 4.69) is 252 Å². The summed E-state index contributed by atoms with van der Waals surface area (Å²) in [6, 6.07) is 88.0. The molecule has 0 aliphatic carbocycles. The molecule has 0 N–H and O–H groups in total. The van der Waals surface area contributed by atoms with E-state index in [0.29, 0.717) is 0 Å². The first kappa shape index (κ1) is 35.2. The first-order valence-electron chi connectivity index (χ1n) is 20.6. The van der Waals surface area contributed by atoms with E-state index >= 15 is 0 Å². The summed E-state index contributed by atoms with van der Waals surface area (Å²) in [4.78, 5) is 2.52. The minimum absolute atomic E-state index is 1.10. The molecule has 11 aromatic rings. The number of hydrogen-bond donors (Lipinski definition) is 0. The van der Waals surface area contributed by atoms with Crippen molar-refractivity contribution in [2.45, 2.75) is 0 Å². The number of aromatic nitrogens is 1. The maximum absolute atomic E-state index is 2.52. The third kappa shape index (κ3) is 6.14. The minimum atomic E-state index is 1.10. The fourth-order valence-electron chi connectivity index (χ4n) is 9.02. The second-order valence-electron chi connectivity index (χ2n) is 15.3. The maximum Gasteiger partial charge on any atom is 0.0562 e. The molecule has 282 valence electrons. The molecule has 0 fully saturated rings. The Morgan fingerprint density at radius 3 is 1.43 bits per heavy atom. The number of hydrogen-bond acceptors (Lipinski definition) is 1. The standard InChI is InChI=1S/C58H40N2/c1-5-18-41(19-6-1)42-32-34-43(35-33-42)46-36-38-55(52(40-46)45-22-9-3-10-23-45)60(54-39-37-48(44-20-7-2-8-21-44)49-26-13-14-27-50(49)54)57-31-17-30-56-58(57)51-28-15-16-29-53(51)59(56)47-24-11-4-12-25-47/h1-40H. The highest BCUT2D eigenvalue weighted by molar-refractivity contribution is 6.18. The van der Waals surface area contributed by atoms with Gasteiger partial charge in [-0.05, 0) is 92.9 Å². The maximum atomic E-state index is 2.52. The molecule has 2 nitrogen and oxygen atoms in total. The van der Waals surface area contributed by atoms with Crippen LogP contribution in [0.15, 0.2) is 243 Å². The van der Waals surface area contributed by atoms with Crippen molar-refractivity contribution in [2.75, 3.05) is 4.90 Å². The fourth-order valence-corrected chi connectivity index (χ4v) is 9.02. The molecule has 0 saturated heterocycles. The Labute approximate surface area is 350 Å². The molecule has 0 bridgehead atoms. The third-order valence-corrected chi connectivity index (χ3v) is 11.8. The highest BCUT2D eigenvalue weighted by atomic mass is 15.2. The largest absolute Gasteiger partial charge is 0.309 e. The number of fused-ring (bicyclic) bond motifs is 4. The van der Waals surface area contributed by atoms with E-state index in [0.717, 1.165) is 39.4 Å². The molecule has 0 aliphatic rings. The summed E-state index contributed by atoms with van der Waals surface area (Å²) in [6.07, 6.45) is 0. The van der Waals surface area contributed by atoms with E-state index in [1.54, 1.807) is 0 Å². The van der Waals surface area contributed by atoms with Crippen molar-refractivity contribution in [1.82, 2.24) is 4.57 Å². The van der Waals surface area contributed by atoms with Crippen LogP contribution in [0.5, 0.6) is 0 Å². The molecular formula is C58H40N2. The van der Waals surface area contributed by atoms with Gasteiger partial charge in [-0.2, -0.15) is 0 Å². The Morgan fingerprint density at radius 1 is 0.267 bits per heavy atom. The summed E-state index contributed by atoms with van der Waals surface area (Å²) in [6.45, 7) is 0. The summed E-state index contributed by atoms with van der Waals surface area (Å²) < 4.78 is 2.41. The quantitative estimate of drug-likeness (QED) is 0.150. The molecule has 0 spiro atoms. The predicted molar refractivity (Wildman–Crippen MR) is 255 cm³/mol. The molecule has 0 aliphatic heterocycles. The van der Waals surface area contributed by atoms with Crippen molar-refractivity contribution in [3.8, 4) is 50.2 Å². The number of para-hydroxylation sites is 2. The molecule has 10 aromatic carbocycles. The topological polar surface area (TPSA) is 8.17 Å². The molecule has 1 heterocycles. The molecule has 0 unspecified atom stereocenters. The van der Waals surface area contributed by atoms with Crippen LogP contribution in [0, 0.1) is 0 Å². The first-order valence-corrected chi connectivity index (χ1v) is 20.6. The number of anilines is 3. The zero-order valence-electron chi connectivity index (χ0n) is 33.0. The van der Waals surface area contributed by atoms with Gasteiger partial charge in [-0.25, -0.2) is 0 Å². The number of benzene rings is 10. The van der Waals surface area contributed by atoms with Crippen LogP contribution in [0.4, 0.5) is 17.1 Å². The summed E-state index contributed by atoms with van der Waals surface area (Å²) in [5, 5.41) is 4.80. The van der Waals surface area contributed by atoms with Crippen LogP contribution < -0.4 is 4.90 Å². The van der Waals surface area contributed by atoms with Crippen molar-refractivity contribution in [3.63, 3.8) is 0 Å². The van der Waals surface area contributed by atoms with Gasteiger partial charge in [0, 0.05) is 27.4 Å². The molecule has 0 atom stereocenters. The minimum Gasteiger partial charge on any atom is -0.309 e. The van der Waals surface area contributed by atoms with Crippen molar-refractivity contribution < 1.29 is 0 Å². The lowest BCUT2D eigenvalue weighted by Gasteiger charge is -2.30. The van der Waals surface area contributed by atoms with Crippen LogP contribution in [0.25, 0.3) is 82.8 Å². The van der Waals surface area contributed by atoms with Crippen LogP contribution >= 0.6 is 0 Å². The van der Waals surface area contributed by atoms with Gasteiger partial charge in [-0.1, -0.05) is 194 Å². The molecule has 0 radical (unpaired) electrons. The van der Waals surface area contributed by atoms with Crippen LogP contribution in [-0.2, 0) is 0 Å². The average Bonchev–Trinajstić information content (AvgIpc) is 3.68. The highest BCUT2D eigenvalue weighted by Crippen LogP contribution is 2.49. The lowest BCUT2D eigenvalue weighted by molar-refractivity contribution is 1.18. The summed E-state index contributed by atoms with van der Waals surface area (Å²) in [5.74, 6) is 0. The smallest absolute Gasteiger partial charge is 0.0562 e. The Morgan fingerprint density at radius 2 is 0.750 bits per heavy atom. The Hall–Kier alpha value is -7.94. The van der Waals surface area contributed by atoms with Gasteiger partial charge in [-0.15, -0.1) is 0 Å². The fraction of sp³-hybridized carbons (Fsp3) is 0. The average molecular weight is 765 g/mol. The molecule has 0 saturated carbocycles. The predicted octanol–water partition coefficient (Wildman–Crippen LogP) is 16.1. The van der Waals surface area contributed by atoms with E-state index < -0.39 is 0 Å². The zero-order valence-corrected chi connectivity index (χ0v) is 33.0.